The summed E-state index contributed by atoms with van der Waals surface area (Å²) in [7, 11) is 0. The number of piperazine rings is 1. The van der Waals surface area contributed by atoms with E-state index < -0.39 is 0 Å². The van der Waals surface area contributed by atoms with Gasteiger partial charge in [0.05, 0.1) is 0 Å². The molecule has 0 bridgehead atoms. The molecule has 136 valence electrons. The van der Waals surface area contributed by atoms with Gasteiger partial charge in [-0.15, -0.1) is 0 Å². The summed E-state index contributed by atoms with van der Waals surface area (Å²) in [6.07, 6.45) is 0.806. The number of amides is 3. The van der Waals surface area contributed by atoms with E-state index in [9.17, 15) is 14.4 Å². The molecule has 6 nitrogen and oxygen atoms in total. The van der Waals surface area contributed by atoms with E-state index in [-0.39, 0.29) is 23.8 Å². The van der Waals surface area contributed by atoms with Crippen LogP contribution in [0.3, 0.4) is 0 Å². The summed E-state index contributed by atoms with van der Waals surface area (Å²) in [5.41, 5.74) is 1.93. The Morgan fingerprint density at radius 1 is 1.08 bits per heavy atom. The van der Waals surface area contributed by atoms with Crippen LogP contribution in [0, 0.1) is 0 Å². The minimum absolute atomic E-state index is 0.0191. The second-order valence-electron chi connectivity index (χ2n) is 7.42. The van der Waals surface area contributed by atoms with E-state index in [0.29, 0.717) is 26.2 Å². The van der Waals surface area contributed by atoms with Crippen LogP contribution in [0.1, 0.15) is 33.3 Å². The van der Waals surface area contributed by atoms with Gasteiger partial charge in [0, 0.05) is 38.8 Å². The van der Waals surface area contributed by atoms with Gasteiger partial charge in [-0.1, -0.05) is 32.9 Å². The molecule has 6 heteroatoms. The molecule has 1 saturated heterocycles. The molecule has 1 aromatic rings. The number of nitrogens with zero attached hydrogens (tertiary/aromatic N) is 3. The Kier molecular flexibility index (Phi) is 5.82. The van der Waals surface area contributed by atoms with E-state index in [1.807, 2.05) is 24.3 Å². The first-order valence-electron chi connectivity index (χ1n) is 8.58. The van der Waals surface area contributed by atoms with Crippen molar-refractivity contribution in [3.05, 3.63) is 29.8 Å². The van der Waals surface area contributed by atoms with Crippen LogP contribution in [0.5, 0.6) is 0 Å². The van der Waals surface area contributed by atoms with E-state index >= 15 is 0 Å². The van der Waals surface area contributed by atoms with Gasteiger partial charge in [-0.05, 0) is 23.1 Å². The Morgan fingerprint density at radius 3 is 2.08 bits per heavy atom. The van der Waals surface area contributed by atoms with E-state index in [1.165, 1.54) is 17.4 Å². The third-order valence-electron chi connectivity index (χ3n) is 4.53. The molecule has 1 aromatic carbocycles. The summed E-state index contributed by atoms with van der Waals surface area (Å²) in [4.78, 5) is 40.2. The highest BCUT2D eigenvalue weighted by Crippen LogP contribution is 2.25. The van der Waals surface area contributed by atoms with Crippen LogP contribution in [0.2, 0.25) is 0 Å². The van der Waals surface area contributed by atoms with Gasteiger partial charge in [0.2, 0.25) is 18.2 Å². The number of hydrogen-bond acceptors (Lipinski definition) is 3. The van der Waals surface area contributed by atoms with Crippen LogP contribution in [0.15, 0.2) is 24.3 Å². The fraction of sp³-hybridized carbons (Fsp3) is 0.526. The van der Waals surface area contributed by atoms with Gasteiger partial charge < -0.3 is 14.7 Å². The fourth-order valence-electron chi connectivity index (χ4n) is 2.84. The van der Waals surface area contributed by atoms with Crippen LogP contribution in [-0.2, 0) is 19.8 Å². The number of carbonyl (C=O) groups is 3. The number of anilines is 1. The first-order valence-corrected chi connectivity index (χ1v) is 8.58. The van der Waals surface area contributed by atoms with Crippen molar-refractivity contribution in [3.8, 4) is 0 Å². The summed E-state index contributed by atoms with van der Waals surface area (Å²) in [5, 5.41) is 0. The van der Waals surface area contributed by atoms with Crippen molar-refractivity contribution in [1.29, 1.82) is 0 Å². The maximum atomic E-state index is 12.5. The summed E-state index contributed by atoms with van der Waals surface area (Å²) in [6.45, 7) is 9.97. The van der Waals surface area contributed by atoms with Crippen molar-refractivity contribution in [2.45, 2.75) is 33.1 Å². The normalized spacial score (nSPS) is 15.0. The van der Waals surface area contributed by atoms with Crippen LogP contribution in [0.4, 0.5) is 5.69 Å². The Morgan fingerprint density at radius 2 is 1.64 bits per heavy atom. The van der Waals surface area contributed by atoms with Crippen molar-refractivity contribution in [2.75, 3.05) is 37.6 Å². The molecule has 0 spiro atoms. The Balaban J connectivity index is 2.07. The number of rotatable bonds is 4. The molecule has 1 fully saturated rings. The topological polar surface area (TPSA) is 60.9 Å². The van der Waals surface area contributed by atoms with Crippen molar-refractivity contribution < 1.29 is 14.4 Å². The lowest BCUT2D eigenvalue weighted by atomic mass is 9.87. The van der Waals surface area contributed by atoms with Crippen LogP contribution < -0.4 is 4.90 Å². The third-order valence-corrected chi connectivity index (χ3v) is 4.53. The van der Waals surface area contributed by atoms with E-state index in [4.69, 9.17) is 0 Å². The molecule has 1 aliphatic rings. The van der Waals surface area contributed by atoms with Gasteiger partial charge in [0.15, 0.2) is 0 Å². The molecule has 0 N–H and O–H groups in total. The average Bonchev–Trinajstić information content (AvgIpc) is 2.58. The minimum atomic E-state index is -0.164. The predicted molar refractivity (Wildman–Crippen MR) is 97.4 cm³/mol. The molecule has 0 aliphatic carbocycles. The van der Waals surface area contributed by atoms with Crippen molar-refractivity contribution in [2.24, 2.45) is 0 Å². The molecular weight excluding hydrogens is 318 g/mol. The summed E-state index contributed by atoms with van der Waals surface area (Å²) in [6, 6.07) is 7.77. The Hall–Kier alpha value is -2.37. The van der Waals surface area contributed by atoms with Crippen LogP contribution >= 0.6 is 0 Å². The zero-order valence-electron chi connectivity index (χ0n) is 15.5. The Labute approximate surface area is 149 Å². The van der Waals surface area contributed by atoms with E-state index in [2.05, 4.69) is 20.8 Å². The quantitative estimate of drug-likeness (QED) is 0.780. The molecule has 1 heterocycles. The molecule has 1 aliphatic heterocycles. The number of hydrogen-bond donors (Lipinski definition) is 0. The van der Waals surface area contributed by atoms with Crippen molar-refractivity contribution in [1.82, 2.24) is 9.80 Å². The van der Waals surface area contributed by atoms with Gasteiger partial charge >= 0.3 is 0 Å². The fourth-order valence-corrected chi connectivity index (χ4v) is 2.84. The van der Waals surface area contributed by atoms with Crippen molar-refractivity contribution in [3.63, 3.8) is 0 Å². The lowest BCUT2D eigenvalue weighted by Crippen LogP contribution is -2.51. The zero-order valence-corrected chi connectivity index (χ0v) is 15.5. The second-order valence-corrected chi connectivity index (χ2v) is 7.42. The Bertz CT molecular complexity index is 626. The van der Waals surface area contributed by atoms with Crippen LogP contribution in [-0.4, -0.2) is 60.7 Å². The molecule has 0 unspecified atom stereocenters. The standard InChI is InChI=1S/C19H27N3O3/c1-15(24)22(17-7-5-16(6-8-17)19(2,3)4)13-18(25)21-11-9-20(14-23)10-12-21/h5-8,14H,9-13H2,1-4H3. The molecule has 0 saturated carbocycles. The molecule has 3 amide bonds. The summed E-state index contributed by atoms with van der Waals surface area (Å²) >= 11 is 0. The monoisotopic (exact) mass is 345 g/mol. The first-order chi connectivity index (χ1) is 11.7. The zero-order chi connectivity index (χ0) is 18.6. The summed E-state index contributed by atoms with van der Waals surface area (Å²) in [5.74, 6) is -0.260. The molecule has 2 rings (SSSR count). The predicted octanol–water partition coefficient (Wildman–Crippen LogP) is 1.64. The highest BCUT2D eigenvalue weighted by atomic mass is 16.2. The SMILES string of the molecule is CC(=O)N(CC(=O)N1CCN(C=O)CC1)c1ccc(C(C)(C)C)cc1. The van der Waals surface area contributed by atoms with E-state index in [1.54, 1.807) is 9.80 Å². The minimum Gasteiger partial charge on any atom is -0.342 e. The summed E-state index contributed by atoms with van der Waals surface area (Å²) < 4.78 is 0. The molecule has 0 radical (unpaired) electrons. The smallest absolute Gasteiger partial charge is 0.242 e. The van der Waals surface area contributed by atoms with Gasteiger partial charge in [-0.25, -0.2) is 0 Å². The number of carbonyl (C=O) groups excluding carboxylic acids is 3. The average molecular weight is 345 g/mol. The van der Waals surface area contributed by atoms with Gasteiger partial charge in [-0.2, -0.15) is 0 Å². The van der Waals surface area contributed by atoms with Crippen molar-refractivity contribution >= 4 is 23.9 Å². The molecule has 0 atom stereocenters. The molecule has 25 heavy (non-hydrogen) atoms. The molecular formula is C19H27N3O3. The lowest BCUT2D eigenvalue weighted by Gasteiger charge is -2.34. The largest absolute Gasteiger partial charge is 0.342 e. The first kappa shape index (κ1) is 19.0. The third kappa shape index (κ3) is 4.81. The maximum absolute atomic E-state index is 12.5. The van der Waals surface area contributed by atoms with Gasteiger partial charge in [0.25, 0.3) is 0 Å². The highest BCUT2D eigenvalue weighted by Gasteiger charge is 2.24. The highest BCUT2D eigenvalue weighted by molar-refractivity contribution is 5.97. The lowest BCUT2D eigenvalue weighted by molar-refractivity contribution is -0.134. The van der Waals surface area contributed by atoms with Crippen LogP contribution in [0.25, 0.3) is 0 Å². The van der Waals surface area contributed by atoms with E-state index in [0.717, 1.165) is 12.1 Å². The maximum Gasteiger partial charge on any atom is 0.242 e. The number of benzene rings is 1. The van der Waals surface area contributed by atoms with Gasteiger partial charge in [-0.3, -0.25) is 14.4 Å². The molecule has 0 aromatic heterocycles. The second kappa shape index (κ2) is 7.68. The van der Waals surface area contributed by atoms with Gasteiger partial charge in [0.1, 0.15) is 6.54 Å².